The summed E-state index contributed by atoms with van der Waals surface area (Å²) in [5.74, 6) is -0.0742. The van der Waals surface area contributed by atoms with Crippen LogP contribution in [-0.4, -0.2) is 47.0 Å². The molecule has 26 heavy (non-hydrogen) atoms. The molecule has 1 aromatic heterocycles. The molecule has 0 radical (unpaired) electrons. The van der Waals surface area contributed by atoms with Gasteiger partial charge in [-0.05, 0) is 49.1 Å². The molecule has 2 aromatic rings. The topological polar surface area (TPSA) is 40.6 Å². The van der Waals surface area contributed by atoms with Gasteiger partial charge in [-0.15, -0.1) is 23.1 Å². The molecule has 1 fully saturated rings. The van der Waals surface area contributed by atoms with Gasteiger partial charge in [-0.3, -0.25) is 9.59 Å². The molecule has 138 valence electrons. The molecule has 4 nitrogen and oxygen atoms in total. The molecule has 0 N–H and O–H groups in total. The molecule has 0 unspecified atom stereocenters. The molecule has 2 amide bonds. The summed E-state index contributed by atoms with van der Waals surface area (Å²) in [6, 6.07) is 7.78. The number of thiophene rings is 1. The second-order valence-electron chi connectivity index (χ2n) is 6.11. The van der Waals surface area contributed by atoms with E-state index < -0.39 is 5.82 Å². The van der Waals surface area contributed by atoms with Crippen molar-refractivity contribution in [3.8, 4) is 0 Å². The van der Waals surface area contributed by atoms with Crippen LogP contribution in [0.5, 0.6) is 0 Å². The lowest BCUT2D eigenvalue weighted by Gasteiger charge is -2.28. The fourth-order valence-corrected chi connectivity index (χ4v) is 5.48. The fraction of sp³-hybridized carbons (Fsp3) is 0.368. The van der Waals surface area contributed by atoms with E-state index in [9.17, 15) is 14.0 Å². The molecule has 0 bridgehead atoms. The highest BCUT2D eigenvalue weighted by molar-refractivity contribution is 8.00. The highest BCUT2D eigenvalue weighted by Crippen LogP contribution is 2.42. The third kappa shape index (κ3) is 3.94. The van der Waals surface area contributed by atoms with Crippen molar-refractivity contribution in [1.82, 2.24) is 9.80 Å². The van der Waals surface area contributed by atoms with Gasteiger partial charge in [0.15, 0.2) is 0 Å². The summed E-state index contributed by atoms with van der Waals surface area (Å²) in [6.07, 6.45) is 0. The van der Waals surface area contributed by atoms with Crippen LogP contribution in [0.4, 0.5) is 4.39 Å². The number of rotatable bonds is 6. The first kappa shape index (κ1) is 18.9. The summed E-state index contributed by atoms with van der Waals surface area (Å²) in [7, 11) is 0. The van der Waals surface area contributed by atoms with Gasteiger partial charge in [0, 0.05) is 30.1 Å². The van der Waals surface area contributed by atoms with Crippen LogP contribution in [0.1, 0.15) is 33.1 Å². The number of hydrogen-bond acceptors (Lipinski definition) is 4. The molecule has 1 saturated heterocycles. The Morgan fingerprint density at radius 3 is 2.85 bits per heavy atom. The first-order chi connectivity index (χ1) is 12.5. The van der Waals surface area contributed by atoms with E-state index in [1.165, 1.54) is 28.6 Å². The second-order valence-corrected chi connectivity index (χ2v) is 8.13. The van der Waals surface area contributed by atoms with Gasteiger partial charge < -0.3 is 9.80 Å². The van der Waals surface area contributed by atoms with Gasteiger partial charge in [-0.1, -0.05) is 6.07 Å². The van der Waals surface area contributed by atoms with Gasteiger partial charge >= 0.3 is 0 Å². The SMILES string of the molecule is CCN(CCN1C(=O)CS[C@@H]1c1sccc1C)C(=O)c1cccc(F)c1. The van der Waals surface area contributed by atoms with Crippen molar-refractivity contribution in [2.45, 2.75) is 19.2 Å². The van der Waals surface area contributed by atoms with E-state index in [0.717, 1.165) is 0 Å². The van der Waals surface area contributed by atoms with E-state index >= 15 is 0 Å². The molecule has 1 aliphatic heterocycles. The van der Waals surface area contributed by atoms with Crippen LogP contribution in [0.15, 0.2) is 35.7 Å². The lowest BCUT2D eigenvalue weighted by Crippen LogP contribution is -2.40. The van der Waals surface area contributed by atoms with Crippen molar-refractivity contribution in [3.05, 3.63) is 57.5 Å². The minimum Gasteiger partial charge on any atom is -0.337 e. The van der Waals surface area contributed by atoms with E-state index in [-0.39, 0.29) is 17.2 Å². The predicted octanol–water partition coefficient (Wildman–Crippen LogP) is 3.93. The Bertz CT molecular complexity index is 808. The molecule has 3 rings (SSSR count). The summed E-state index contributed by atoms with van der Waals surface area (Å²) >= 11 is 3.29. The van der Waals surface area contributed by atoms with Gasteiger partial charge in [0.1, 0.15) is 11.2 Å². The van der Waals surface area contributed by atoms with Crippen molar-refractivity contribution in [2.24, 2.45) is 0 Å². The van der Waals surface area contributed by atoms with Crippen LogP contribution < -0.4 is 0 Å². The maximum atomic E-state index is 13.4. The molecule has 1 aromatic carbocycles. The average molecular weight is 393 g/mol. The highest BCUT2D eigenvalue weighted by atomic mass is 32.2. The van der Waals surface area contributed by atoms with Crippen LogP contribution in [-0.2, 0) is 4.79 Å². The van der Waals surface area contributed by atoms with Gasteiger partial charge in [-0.25, -0.2) is 4.39 Å². The van der Waals surface area contributed by atoms with Crippen LogP contribution in [0.25, 0.3) is 0 Å². The zero-order valence-electron chi connectivity index (χ0n) is 14.8. The third-order valence-electron chi connectivity index (χ3n) is 4.45. The molecular formula is C19H21FN2O2S2. The van der Waals surface area contributed by atoms with Crippen molar-refractivity contribution in [1.29, 1.82) is 0 Å². The quantitative estimate of drug-likeness (QED) is 0.748. The minimum absolute atomic E-state index is 0.0190. The summed E-state index contributed by atoms with van der Waals surface area (Å²) in [5, 5.41) is 2.06. The summed E-state index contributed by atoms with van der Waals surface area (Å²) in [6.45, 7) is 5.35. The largest absolute Gasteiger partial charge is 0.337 e. The van der Waals surface area contributed by atoms with Gasteiger partial charge in [-0.2, -0.15) is 0 Å². The molecule has 0 spiro atoms. The van der Waals surface area contributed by atoms with Crippen molar-refractivity contribution >= 4 is 34.9 Å². The highest BCUT2D eigenvalue weighted by Gasteiger charge is 2.34. The van der Waals surface area contributed by atoms with Gasteiger partial charge in [0.2, 0.25) is 5.91 Å². The van der Waals surface area contributed by atoms with Crippen molar-refractivity contribution in [3.63, 3.8) is 0 Å². The van der Waals surface area contributed by atoms with Crippen molar-refractivity contribution in [2.75, 3.05) is 25.4 Å². The number of benzene rings is 1. The third-order valence-corrected chi connectivity index (χ3v) is 6.89. The molecule has 1 aliphatic rings. The first-order valence-electron chi connectivity index (χ1n) is 8.51. The smallest absolute Gasteiger partial charge is 0.254 e. The minimum atomic E-state index is -0.425. The summed E-state index contributed by atoms with van der Waals surface area (Å²) < 4.78 is 13.4. The standard InChI is InChI=1S/C19H21FN2O2S2/c1-3-21(18(24)14-5-4-6-15(20)11-14)8-9-22-16(23)12-26-19(22)17-13(2)7-10-25-17/h4-7,10-11,19H,3,8-9,12H2,1-2H3/t19-/m1/s1. The second kappa shape index (κ2) is 8.22. The van der Waals surface area contributed by atoms with E-state index in [0.29, 0.717) is 31.0 Å². The number of amides is 2. The first-order valence-corrected chi connectivity index (χ1v) is 10.4. The number of hydrogen-bond donors (Lipinski definition) is 0. The summed E-state index contributed by atoms with van der Waals surface area (Å²) in [5.41, 5.74) is 1.52. The van der Waals surface area contributed by atoms with E-state index in [1.807, 2.05) is 17.2 Å². The molecule has 0 saturated carbocycles. The summed E-state index contributed by atoms with van der Waals surface area (Å²) in [4.78, 5) is 29.7. The maximum absolute atomic E-state index is 13.4. The molecule has 7 heteroatoms. The molecule has 2 heterocycles. The Labute approximate surface area is 161 Å². The van der Waals surface area contributed by atoms with Crippen LogP contribution in [0.3, 0.4) is 0 Å². The van der Waals surface area contributed by atoms with Crippen LogP contribution >= 0.6 is 23.1 Å². The van der Waals surface area contributed by atoms with E-state index in [4.69, 9.17) is 0 Å². The van der Waals surface area contributed by atoms with Gasteiger partial charge in [0.25, 0.3) is 5.91 Å². The number of thioether (sulfide) groups is 1. The molecular weight excluding hydrogens is 371 g/mol. The van der Waals surface area contributed by atoms with Crippen molar-refractivity contribution < 1.29 is 14.0 Å². The van der Waals surface area contributed by atoms with Gasteiger partial charge in [0.05, 0.1) is 5.75 Å². The predicted molar refractivity (Wildman–Crippen MR) is 104 cm³/mol. The zero-order valence-corrected chi connectivity index (χ0v) is 16.4. The van der Waals surface area contributed by atoms with Crippen LogP contribution in [0, 0.1) is 12.7 Å². The van der Waals surface area contributed by atoms with E-state index in [2.05, 4.69) is 13.0 Å². The Morgan fingerprint density at radius 2 is 2.19 bits per heavy atom. The lowest BCUT2D eigenvalue weighted by molar-refractivity contribution is -0.128. The lowest BCUT2D eigenvalue weighted by atomic mass is 10.2. The monoisotopic (exact) mass is 392 g/mol. The normalized spacial score (nSPS) is 17.0. The Morgan fingerprint density at radius 1 is 1.38 bits per heavy atom. The number of aryl methyl sites for hydroxylation is 1. The number of carbonyl (C=O) groups is 2. The molecule has 0 aliphatic carbocycles. The van der Waals surface area contributed by atoms with Crippen LogP contribution in [0.2, 0.25) is 0 Å². The number of likely N-dealkylation sites (N-methyl/N-ethyl adjacent to an activating group) is 1. The van der Waals surface area contributed by atoms with E-state index in [1.54, 1.807) is 34.1 Å². The zero-order chi connectivity index (χ0) is 18.7. The molecule has 1 atom stereocenters. The maximum Gasteiger partial charge on any atom is 0.254 e. The average Bonchev–Trinajstić information content (AvgIpc) is 3.21. The number of nitrogens with zero attached hydrogens (tertiary/aromatic N) is 2. The Kier molecular flexibility index (Phi) is 5.98. The Hall–Kier alpha value is -1.86. The fourth-order valence-electron chi connectivity index (χ4n) is 2.99. The number of halogens is 1. The number of carbonyl (C=O) groups excluding carboxylic acids is 2. The Balaban J connectivity index is 1.70.